The van der Waals surface area contributed by atoms with Crippen molar-refractivity contribution in [2.75, 3.05) is 51.1 Å². The molecule has 4 aromatic rings. The molecule has 2 aromatic heterocycles. The molecule has 1 N–H and O–H groups in total. The maximum absolute atomic E-state index is 17.5. The van der Waals surface area contributed by atoms with Crippen molar-refractivity contribution < 1.29 is 50.5 Å². The number of carbonyl (C=O) groups excluding carboxylic acids is 2. The average molecular weight is 862 g/mol. The number of nitrogens with one attached hydrogen (secondary N) is 1. The van der Waals surface area contributed by atoms with Crippen LogP contribution in [-0.4, -0.2) is 108 Å². The van der Waals surface area contributed by atoms with Gasteiger partial charge in [-0.25, -0.2) is 18.4 Å². The number of nitriles is 1. The quantitative estimate of drug-likeness (QED) is 0.170. The minimum atomic E-state index is -5.20. The molecule has 6 rings (SSSR count). The van der Waals surface area contributed by atoms with E-state index >= 15 is 22.0 Å². The molecular weight excluding hydrogens is 814 g/mol. The summed E-state index contributed by atoms with van der Waals surface area (Å²) in [6, 6.07) is 2.92. The Labute approximate surface area is 348 Å². The van der Waals surface area contributed by atoms with Crippen LogP contribution in [0.5, 0.6) is 6.01 Å². The summed E-state index contributed by atoms with van der Waals surface area (Å²) in [5.41, 5.74) is -5.57. The van der Waals surface area contributed by atoms with E-state index in [4.69, 9.17) is 18.9 Å². The number of nitrogens with zero attached hydrogens (tertiary/aromatic N) is 6. The largest absolute Gasteiger partial charge is 0.462 e. The van der Waals surface area contributed by atoms with Crippen molar-refractivity contribution in [3.05, 3.63) is 41.0 Å². The van der Waals surface area contributed by atoms with Gasteiger partial charge in [-0.1, -0.05) is 6.07 Å². The lowest BCUT2D eigenvalue weighted by Gasteiger charge is -2.33. The van der Waals surface area contributed by atoms with E-state index in [1.807, 2.05) is 18.0 Å². The fourth-order valence-corrected chi connectivity index (χ4v) is 8.79. The molecule has 2 aliphatic rings. The molecule has 19 heteroatoms. The number of methoxy groups -OCH3 is 1. The van der Waals surface area contributed by atoms with Crippen LogP contribution in [0.4, 0.5) is 42.4 Å². The summed E-state index contributed by atoms with van der Waals surface area (Å²) in [7, 11) is 5.07. The highest BCUT2D eigenvalue weighted by Gasteiger charge is 2.42. The Morgan fingerprint density at radius 3 is 2.37 bits per heavy atom. The maximum Gasteiger partial charge on any atom is 0.417 e. The van der Waals surface area contributed by atoms with Crippen molar-refractivity contribution in [2.24, 2.45) is 0 Å². The van der Waals surface area contributed by atoms with Crippen LogP contribution in [-0.2, 0) is 20.4 Å². The van der Waals surface area contributed by atoms with Gasteiger partial charge in [0.25, 0.3) is 0 Å². The van der Waals surface area contributed by atoms with Gasteiger partial charge in [-0.2, -0.15) is 28.4 Å². The highest BCUT2D eigenvalue weighted by Crippen LogP contribution is 2.49. The number of amides is 2. The summed E-state index contributed by atoms with van der Waals surface area (Å²) < 4.78 is 101. The van der Waals surface area contributed by atoms with Crippen molar-refractivity contribution >= 4 is 55.3 Å². The van der Waals surface area contributed by atoms with Crippen LogP contribution in [0.1, 0.15) is 72.4 Å². The Morgan fingerprint density at radius 1 is 1.08 bits per heavy atom. The topological polar surface area (TPSA) is 142 Å². The van der Waals surface area contributed by atoms with E-state index in [2.05, 4.69) is 15.3 Å². The first-order chi connectivity index (χ1) is 27.9. The molecule has 0 radical (unpaired) electrons. The van der Waals surface area contributed by atoms with Gasteiger partial charge in [0.05, 0.1) is 34.0 Å². The third-order valence-corrected chi connectivity index (χ3v) is 11.7. The summed E-state index contributed by atoms with van der Waals surface area (Å²) >= 11 is 0.594. The number of hydrogen-bond donors (Lipinski definition) is 1. The lowest BCUT2D eigenvalue weighted by atomic mass is 9.92. The van der Waals surface area contributed by atoms with Crippen LogP contribution >= 0.6 is 11.3 Å². The number of rotatable bonds is 8. The molecule has 60 heavy (non-hydrogen) atoms. The summed E-state index contributed by atoms with van der Waals surface area (Å²) in [6.07, 6.45) is -5.84. The number of fused-ring (bicyclic) bond motifs is 2. The molecule has 4 heterocycles. The molecular formula is C41H48F5N7O6S. The molecule has 13 nitrogen and oxygen atoms in total. The predicted octanol–water partition coefficient (Wildman–Crippen LogP) is 8.96. The smallest absolute Gasteiger partial charge is 0.417 e. The van der Waals surface area contributed by atoms with Gasteiger partial charge in [-0.05, 0) is 86.1 Å². The number of ether oxygens (including phenoxy) is 4. The number of anilines is 2. The standard InChI is InChI=1S/C41H48F5N7O6S/c1-20-28(13-14-53(20)38(55)59-40(5,6)7)52(9)34-24-16-26(41(44,45)46)30(31(43)32(24)48-36(49-34)57-19-21-15-22(56-10)18-51(21)8)23-11-12-27(42)33-29(23)25(17-47)35(60-33)50-37(54)58-39(2,3)4/h11-12,16,20-22,28H,13-15,18-19H2,1-10H3,(H,50,54)/t20-,21+,22-,28-/m1/s1. The van der Waals surface area contributed by atoms with E-state index in [1.165, 1.54) is 4.90 Å². The Bertz CT molecular complexity index is 2360. The Hall–Kier alpha value is -5.06. The van der Waals surface area contributed by atoms with Crippen molar-refractivity contribution in [3.8, 4) is 23.2 Å². The minimum absolute atomic E-state index is 0.0405. The van der Waals surface area contributed by atoms with Crippen molar-refractivity contribution in [1.29, 1.82) is 5.26 Å². The fraction of sp³-hybridized carbons (Fsp3) is 0.537. The number of halogens is 5. The molecule has 2 aliphatic heterocycles. The van der Waals surface area contributed by atoms with E-state index in [-0.39, 0.29) is 57.6 Å². The second kappa shape index (κ2) is 16.4. The van der Waals surface area contributed by atoms with E-state index < -0.39 is 81.1 Å². The number of alkyl halides is 3. The number of likely N-dealkylation sites (tertiary alicyclic amines) is 2. The number of thiophene rings is 1. The van der Waals surface area contributed by atoms with Crippen molar-refractivity contribution in [1.82, 2.24) is 19.8 Å². The van der Waals surface area contributed by atoms with Crippen LogP contribution in [0.15, 0.2) is 18.2 Å². The molecule has 0 saturated carbocycles. The van der Waals surface area contributed by atoms with Crippen LogP contribution in [0.3, 0.4) is 0 Å². The lowest BCUT2D eigenvalue weighted by molar-refractivity contribution is -0.137. The Balaban J connectivity index is 1.55. The molecule has 0 aliphatic carbocycles. The summed E-state index contributed by atoms with van der Waals surface area (Å²) in [6.45, 7) is 12.7. The van der Waals surface area contributed by atoms with Crippen LogP contribution in [0.2, 0.25) is 0 Å². The molecule has 0 unspecified atom stereocenters. The van der Waals surface area contributed by atoms with Gasteiger partial charge in [-0.15, -0.1) is 11.3 Å². The van der Waals surface area contributed by atoms with Crippen LogP contribution in [0.25, 0.3) is 32.1 Å². The van der Waals surface area contributed by atoms with E-state index in [1.54, 1.807) is 67.5 Å². The first kappa shape index (κ1) is 44.5. The maximum atomic E-state index is 17.5. The van der Waals surface area contributed by atoms with Gasteiger partial charge in [0, 0.05) is 49.6 Å². The number of benzene rings is 2. The fourth-order valence-electron chi connectivity index (χ4n) is 7.72. The number of carbonyl (C=O) groups is 2. The van der Waals surface area contributed by atoms with Gasteiger partial charge >= 0.3 is 24.4 Å². The zero-order chi connectivity index (χ0) is 44.2. The summed E-state index contributed by atoms with van der Waals surface area (Å²) in [5, 5.41) is 11.8. The first-order valence-electron chi connectivity index (χ1n) is 19.3. The van der Waals surface area contributed by atoms with Gasteiger partial charge < -0.3 is 28.7 Å². The van der Waals surface area contributed by atoms with Gasteiger partial charge in [-0.3, -0.25) is 10.2 Å². The molecule has 324 valence electrons. The normalized spacial score (nSPS) is 20.1. The van der Waals surface area contributed by atoms with Gasteiger partial charge in [0.15, 0.2) is 5.82 Å². The molecule has 2 fully saturated rings. The number of hydrogen-bond acceptors (Lipinski definition) is 12. The van der Waals surface area contributed by atoms with E-state index in [0.717, 1.165) is 18.2 Å². The summed E-state index contributed by atoms with van der Waals surface area (Å²) in [5.74, 6) is -2.44. The highest BCUT2D eigenvalue weighted by molar-refractivity contribution is 7.23. The van der Waals surface area contributed by atoms with E-state index in [9.17, 15) is 14.9 Å². The highest BCUT2D eigenvalue weighted by atomic mass is 32.1. The molecule has 2 saturated heterocycles. The van der Waals surface area contributed by atoms with Gasteiger partial charge in [0.1, 0.15) is 46.0 Å². The predicted molar refractivity (Wildman–Crippen MR) is 216 cm³/mol. The molecule has 0 bridgehead atoms. The monoisotopic (exact) mass is 861 g/mol. The zero-order valence-electron chi connectivity index (χ0n) is 35.0. The number of aromatic nitrogens is 2. The van der Waals surface area contributed by atoms with Gasteiger partial charge in [0.2, 0.25) is 0 Å². The lowest BCUT2D eigenvalue weighted by Crippen LogP contribution is -2.45. The van der Waals surface area contributed by atoms with Crippen LogP contribution < -0.4 is 15.0 Å². The second-order valence-corrected chi connectivity index (χ2v) is 18.1. The second-order valence-electron chi connectivity index (χ2n) is 17.1. The Kier molecular flexibility index (Phi) is 12.2. The molecule has 2 amide bonds. The third-order valence-electron chi connectivity index (χ3n) is 10.5. The Morgan fingerprint density at radius 2 is 1.77 bits per heavy atom. The minimum Gasteiger partial charge on any atom is -0.462 e. The summed E-state index contributed by atoms with van der Waals surface area (Å²) in [4.78, 5) is 39.9. The average Bonchev–Trinajstić information content (AvgIpc) is 3.82. The third kappa shape index (κ3) is 9.00. The van der Waals surface area contributed by atoms with Crippen molar-refractivity contribution in [3.63, 3.8) is 0 Å². The van der Waals surface area contributed by atoms with Crippen molar-refractivity contribution in [2.45, 2.75) is 103 Å². The molecule has 0 spiro atoms. The van der Waals surface area contributed by atoms with E-state index in [0.29, 0.717) is 30.7 Å². The molecule has 2 aromatic carbocycles. The number of likely N-dealkylation sites (N-methyl/N-ethyl adjacent to an activating group) is 2. The van der Waals surface area contributed by atoms with Crippen LogP contribution in [0, 0.1) is 23.0 Å². The SMILES string of the molecule is CO[C@@H]1C[C@@H](COc2nc(N(C)[C@@H]3CCN(C(=O)OC(C)(C)C)[C@@H]3C)c3cc(C(F)(F)F)c(-c4ccc(F)c5sc(NC(=O)OC(C)(C)C)c(C#N)c45)c(F)c3n2)N(C)C1. The first-order valence-corrected chi connectivity index (χ1v) is 20.1. The molecule has 4 atom stereocenters. The zero-order valence-corrected chi connectivity index (χ0v) is 35.8.